The molecule has 1 aromatic carbocycles. The average Bonchev–Trinajstić information content (AvgIpc) is 2.54. The minimum atomic E-state index is -0.383. The van der Waals surface area contributed by atoms with Gasteiger partial charge in [0.05, 0.1) is 10.7 Å². The zero-order valence-corrected chi connectivity index (χ0v) is 15.0. The lowest BCUT2D eigenvalue weighted by molar-refractivity contribution is 0.102. The summed E-state index contributed by atoms with van der Waals surface area (Å²) in [5.74, 6) is 0.251. The lowest BCUT2D eigenvalue weighted by atomic mass is 10.3. The first-order valence-corrected chi connectivity index (χ1v) is 8.20. The number of amides is 1. The van der Waals surface area contributed by atoms with Crippen LogP contribution in [0.3, 0.4) is 0 Å². The molecule has 2 rings (SSSR count). The fourth-order valence-electron chi connectivity index (χ4n) is 1.94. The van der Waals surface area contributed by atoms with E-state index in [9.17, 15) is 4.79 Å². The summed E-state index contributed by atoms with van der Waals surface area (Å²) in [5, 5.41) is 14.6. The highest BCUT2D eigenvalue weighted by Crippen LogP contribution is 2.25. The number of halogens is 2. The smallest absolute Gasteiger partial charge is 0.276 e. The van der Waals surface area contributed by atoms with Gasteiger partial charge >= 0.3 is 0 Å². The van der Waals surface area contributed by atoms with Crippen LogP contribution < -0.4 is 10.6 Å². The van der Waals surface area contributed by atoms with E-state index in [0.717, 1.165) is 19.5 Å². The second kappa shape index (κ2) is 8.82. The van der Waals surface area contributed by atoms with Crippen LogP contribution in [0, 0.1) is 0 Å². The number of aromatic nitrogens is 2. The van der Waals surface area contributed by atoms with E-state index in [4.69, 9.17) is 23.2 Å². The maximum Gasteiger partial charge on any atom is 0.276 e. The highest BCUT2D eigenvalue weighted by atomic mass is 35.5. The van der Waals surface area contributed by atoms with Crippen LogP contribution in [-0.2, 0) is 0 Å². The van der Waals surface area contributed by atoms with E-state index < -0.39 is 0 Å². The maximum absolute atomic E-state index is 12.2. The van der Waals surface area contributed by atoms with Crippen LogP contribution in [0.2, 0.25) is 10.0 Å². The number of rotatable bonds is 7. The van der Waals surface area contributed by atoms with Gasteiger partial charge in [-0.05, 0) is 57.4 Å². The zero-order valence-electron chi connectivity index (χ0n) is 13.5. The standard InChI is InChI=1S/C16H19Cl2N5O/c1-23(2)9-3-8-19-15-7-6-14(21-22-15)16(24)20-13-5-4-11(17)10-12(13)18/h4-7,10H,3,8-9H2,1-2H3,(H,19,22)(H,20,24). The van der Waals surface area contributed by atoms with Gasteiger partial charge in [-0.25, -0.2) is 0 Å². The van der Waals surface area contributed by atoms with Crippen molar-refractivity contribution in [3.63, 3.8) is 0 Å². The van der Waals surface area contributed by atoms with Crippen molar-refractivity contribution in [3.8, 4) is 0 Å². The van der Waals surface area contributed by atoms with Crippen molar-refractivity contribution in [3.05, 3.63) is 46.1 Å². The quantitative estimate of drug-likeness (QED) is 0.733. The predicted octanol–water partition coefficient (Wildman–Crippen LogP) is 3.40. The molecule has 0 fully saturated rings. The molecule has 0 aliphatic rings. The fraction of sp³-hybridized carbons (Fsp3) is 0.312. The van der Waals surface area contributed by atoms with Crippen LogP contribution in [0.4, 0.5) is 11.5 Å². The van der Waals surface area contributed by atoms with Crippen molar-refractivity contribution < 1.29 is 4.79 Å². The molecule has 0 saturated carbocycles. The summed E-state index contributed by atoms with van der Waals surface area (Å²) in [4.78, 5) is 14.3. The Hall–Kier alpha value is -1.89. The topological polar surface area (TPSA) is 70.2 Å². The Labute approximate surface area is 151 Å². The molecule has 128 valence electrons. The SMILES string of the molecule is CN(C)CCCNc1ccc(C(=O)Nc2ccc(Cl)cc2Cl)nn1. The first kappa shape index (κ1) is 18.4. The number of hydrogen-bond donors (Lipinski definition) is 2. The highest BCUT2D eigenvalue weighted by molar-refractivity contribution is 6.36. The van der Waals surface area contributed by atoms with E-state index in [0.29, 0.717) is 21.6 Å². The lowest BCUT2D eigenvalue weighted by Gasteiger charge is -2.10. The van der Waals surface area contributed by atoms with Crippen LogP contribution in [0.25, 0.3) is 0 Å². The number of benzene rings is 1. The zero-order chi connectivity index (χ0) is 17.5. The van der Waals surface area contributed by atoms with Crippen LogP contribution >= 0.6 is 23.2 Å². The molecule has 1 heterocycles. The molecule has 2 aromatic rings. The molecule has 0 unspecified atom stereocenters. The van der Waals surface area contributed by atoms with E-state index >= 15 is 0 Å². The number of hydrogen-bond acceptors (Lipinski definition) is 5. The van der Waals surface area contributed by atoms with Crippen LogP contribution in [-0.4, -0.2) is 48.2 Å². The van der Waals surface area contributed by atoms with E-state index in [1.807, 2.05) is 14.1 Å². The fourth-order valence-corrected chi connectivity index (χ4v) is 2.39. The molecule has 2 N–H and O–H groups in total. The Bertz CT molecular complexity index is 691. The molecule has 0 aliphatic carbocycles. The van der Waals surface area contributed by atoms with Gasteiger partial charge in [0, 0.05) is 11.6 Å². The molecule has 0 atom stereocenters. The largest absolute Gasteiger partial charge is 0.369 e. The van der Waals surface area contributed by atoms with Crippen molar-refractivity contribution >= 4 is 40.6 Å². The number of nitrogens with one attached hydrogen (secondary N) is 2. The summed E-state index contributed by atoms with van der Waals surface area (Å²) >= 11 is 11.9. The highest BCUT2D eigenvalue weighted by Gasteiger charge is 2.11. The first-order chi connectivity index (χ1) is 11.5. The first-order valence-electron chi connectivity index (χ1n) is 7.44. The van der Waals surface area contributed by atoms with Gasteiger partial charge in [-0.2, -0.15) is 0 Å². The summed E-state index contributed by atoms with van der Waals surface area (Å²) in [5.41, 5.74) is 0.679. The van der Waals surface area contributed by atoms with Crippen molar-refractivity contribution in [1.29, 1.82) is 0 Å². The molecule has 0 radical (unpaired) electrons. The second-order valence-corrected chi connectivity index (χ2v) is 6.31. The molecule has 8 heteroatoms. The Morgan fingerprint density at radius 2 is 1.96 bits per heavy atom. The summed E-state index contributed by atoms with van der Waals surface area (Å²) in [7, 11) is 4.06. The van der Waals surface area contributed by atoms with Crippen molar-refractivity contribution in [2.75, 3.05) is 37.8 Å². The lowest BCUT2D eigenvalue weighted by Crippen LogP contribution is -2.17. The molecule has 6 nitrogen and oxygen atoms in total. The Balaban J connectivity index is 1.91. The van der Waals surface area contributed by atoms with E-state index in [-0.39, 0.29) is 11.6 Å². The molecule has 1 amide bonds. The Kier molecular flexibility index (Phi) is 6.78. The van der Waals surface area contributed by atoms with Gasteiger partial charge < -0.3 is 15.5 Å². The molecular weight excluding hydrogens is 349 g/mol. The van der Waals surface area contributed by atoms with Crippen LogP contribution in [0.15, 0.2) is 30.3 Å². The average molecular weight is 368 g/mol. The number of anilines is 2. The van der Waals surface area contributed by atoms with Gasteiger partial charge in [-0.15, -0.1) is 10.2 Å². The Morgan fingerprint density at radius 1 is 1.17 bits per heavy atom. The van der Waals surface area contributed by atoms with Crippen molar-refractivity contribution in [2.45, 2.75) is 6.42 Å². The van der Waals surface area contributed by atoms with Gasteiger partial charge in [0.25, 0.3) is 5.91 Å². The molecule has 1 aromatic heterocycles. The minimum Gasteiger partial charge on any atom is -0.369 e. The monoisotopic (exact) mass is 367 g/mol. The third kappa shape index (κ3) is 5.63. The van der Waals surface area contributed by atoms with Gasteiger partial charge in [0.1, 0.15) is 5.82 Å². The van der Waals surface area contributed by atoms with Crippen molar-refractivity contribution in [1.82, 2.24) is 15.1 Å². The maximum atomic E-state index is 12.2. The molecule has 0 aliphatic heterocycles. The molecule has 0 spiro atoms. The normalized spacial score (nSPS) is 10.7. The number of carbonyl (C=O) groups excluding carboxylic acids is 1. The molecule has 24 heavy (non-hydrogen) atoms. The number of nitrogens with zero attached hydrogens (tertiary/aromatic N) is 3. The van der Waals surface area contributed by atoms with E-state index in [1.54, 1.807) is 30.3 Å². The van der Waals surface area contributed by atoms with Crippen molar-refractivity contribution in [2.24, 2.45) is 0 Å². The van der Waals surface area contributed by atoms with Crippen LogP contribution in [0.1, 0.15) is 16.9 Å². The van der Waals surface area contributed by atoms with Gasteiger partial charge in [-0.3, -0.25) is 4.79 Å². The second-order valence-electron chi connectivity index (χ2n) is 5.47. The van der Waals surface area contributed by atoms with E-state index in [2.05, 4.69) is 25.7 Å². The Morgan fingerprint density at radius 3 is 2.58 bits per heavy atom. The van der Waals surface area contributed by atoms with Gasteiger partial charge in [0.15, 0.2) is 5.69 Å². The third-order valence-corrected chi connectivity index (χ3v) is 3.71. The predicted molar refractivity (Wildman–Crippen MR) is 98.1 cm³/mol. The van der Waals surface area contributed by atoms with Gasteiger partial charge in [-0.1, -0.05) is 23.2 Å². The number of carbonyl (C=O) groups is 1. The summed E-state index contributed by atoms with van der Waals surface area (Å²) in [6.45, 7) is 1.78. The van der Waals surface area contributed by atoms with E-state index in [1.165, 1.54) is 0 Å². The van der Waals surface area contributed by atoms with Crippen LogP contribution in [0.5, 0.6) is 0 Å². The molecular formula is C16H19Cl2N5O. The summed E-state index contributed by atoms with van der Waals surface area (Å²) < 4.78 is 0. The minimum absolute atomic E-state index is 0.208. The molecule has 0 bridgehead atoms. The summed E-state index contributed by atoms with van der Waals surface area (Å²) in [6.07, 6.45) is 0.992. The summed E-state index contributed by atoms with van der Waals surface area (Å²) in [6, 6.07) is 8.18. The molecule has 0 saturated heterocycles. The van der Waals surface area contributed by atoms with Gasteiger partial charge in [0.2, 0.25) is 0 Å². The third-order valence-electron chi connectivity index (χ3n) is 3.16.